The summed E-state index contributed by atoms with van der Waals surface area (Å²) in [6.07, 6.45) is 4.27. The van der Waals surface area contributed by atoms with Crippen LogP contribution in [0.4, 0.5) is 0 Å². The van der Waals surface area contributed by atoms with Gasteiger partial charge in [-0.05, 0) is 18.8 Å². The van der Waals surface area contributed by atoms with Crippen LogP contribution in [0.2, 0.25) is 0 Å². The number of allylic oxidation sites excluding steroid dienone is 2. The third-order valence-corrected chi connectivity index (χ3v) is 3.23. The van der Waals surface area contributed by atoms with Gasteiger partial charge in [0.05, 0.1) is 5.57 Å². The second-order valence-electron chi connectivity index (χ2n) is 5.39. The molecule has 1 rings (SSSR count). The van der Waals surface area contributed by atoms with Gasteiger partial charge in [-0.3, -0.25) is 14.4 Å². The molecule has 0 heterocycles. The molecule has 3 heteroatoms. The molecule has 0 aromatic rings. The minimum absolute atomic E-state index is 0.0938. The van der Waals surface area contributed by atoms with Crippen LogP contribution in [-0.2, 0) is 14.4 Å². The number of hydrogen-bond acceptors (Lipinski definition) is 3. The van der Waals surface area contributed by atoms with E-state index in [-0.39, 0.29) is 35.3 Å². The topological polar surface area (TPSA) is 51.2 Å². The first-order valence-corrected chi connectivity index (χ1v) is 6.76. The maximum atomic E-state index is 11.9. The van der Waals surface area contributed by atoms with E-state index >= 15 is 0 Å². The van der Waals surface area contributed by atoms with Crippen molar-refractivity contribution in [3.05, 3.63) is 11.6 Å². The second kappa shape index (κ2) is 6.62. The molecule has 0 amide bonds. The van der Waals surface area contributed by atoms with Gasteiger partial charge >= 0.3 is 0 Å². The van der Waals surface area contributed by atoms with Gasteiger partial charge in [0.1, 0.15) is 5.78 Å². The Morgan fingerprint density at radius 2 is 2.00 bits per heavy atom. The van der Waals surface area contributed by atoms with Gasteiger partial charge in [0, 0.05) is 25.2 Å². The van der Waals surface area contributed by atoms with Crippen molar-refractivity contribution in [1.29, 1.82) is 0 Å². The second-order valence-corrected chi connectivity index (χ2v) is 5.39. The summed E-state index contributed by atoms with van der Waals surface area (Å²) >= 11 is 0. The van der Waals surface area contributed by atoms with Crippen molar-refractivity contribution in [1.82, 2.24) is 0 Å². The summed E-state index contributed by atoms with van der Waals surface area (Å²) in [5, 5.41) is 0. The van der Waals surface area contributed by atoms with Gasteiger partial charge in [-0.25, -0.2) is 0 Å². The van der Waals surface area contributed by atoms with Gasteiger partial charge < -0.3 is 0 Å². The zero-order valence-corrected chi connectivity index (χ0v) is 11.5. The van der Waals surface area contributed by atoms with E-state index in [2.05, 4.69) is 13.8 Å². The minimum atomic E-state index is -0.355. The molecule has 1 unspecified atom stereocenters. The lowest BCUT2D eigenvalue weighted by atomic mass is 9.96. The fourth-order valence-electron chi connectivity index (χ4n) is 2.10. The highest BCUT2D eigenvalue weighted by molar-refractivity contribution is 6.22. The lowest BCUT2D eigenvalue weighted by Gasteiger charge is -2.06. The highest BCUT2D eigenvalue weighted by atomic mass is 16.2. The summed E-state index contributed by atoms with van der Waals surface area (Å²) in [6, 6.07) is 0. The summed E-state index contributed by atoms with van der Waals surface area (Å²) in [6.45, 7) is 6.04. The summed E-state index contributed by atoms with van der Waals surface area (Å²) in [4.78, 5) is 35.3. The Balaban J connectivity index is 2.63. The molecule has 1 aliphatic rings. The minimum Gasteiger partial charge on any atom is -0.299 e. The van der Waals surface area contributed by atoms with E-state index in [1.807, 2.05) is 6.92 Å². The molecular formula is C15H22O3. The predicted octanol–water partition coefficient (Wildman–Crippen LogP) is 2.88. The number of carbonyl (C=O) groups is 3. The fourth-order valence-corrected chi connectivity index (χ4v) is 2.10. The van der Waals surface area contributed by atoms with E-state index in [0.717, 1.165) is 12.8 Å². The summed E-state index contributed by atoms with van der Waals surface area (Å²) in [5.74, 6) is -0.0439. The first-order valence-electron chi connectivity index (χ1n) is 6.76. The summed E-state index contributed by atoms with van der Waals surface area (Å²) in [7, 11) is 0. The predicted molar refractivity (Wildman–Crippen MR) is 70.2 cm³/mol. The number of hydrogen-bond donors (Lipinski definition) is 0. The molecule has 0 fully saturated rings. The molecule has 0 N–H and O–H groups in total. The molecule has 0 radical (unpaired) electrons. The van der Waals surface area contributed by atoms with Crippen LogP contribution in [0, 0.1) is 11.8 Å². The zero-order valence-electron chi connectivity index (χ0n) is 11.5. The van der Waals surface area contributed by atoms with Crippen LogP contribution < -0.4 is 0 Å². The van der Waals surface area contributed by atoms with Gasteiger partial charge in [-0.1, -0.05) is 26.8 Å². The third-order valence-electron chi connectivity index (χ3n) is 3.23. The van der Waals surface area contributed by atoms with Gasteiger partial charge in [-0.2, -0.15) is 0 Å². The number of rotatable bonds is 7. The van der Waals surface area contributed by atoms with Crippen molar-refractivity contribution in [3.63, 3.8) is 0 Å². The van der Waals surface area contributed by atoms with Crippen molar-refractivity contribution in [3.8, 4) is 0 Å². The lowest BCUT2D eigenvalue weighted by Crippen LogP contribution is -2.12. The molecule has 0 saturated heterocycles. The van der Waals surface area contributed by atoms with Crippen LogP contribution >= 0.6 is 0 Å². The molecule has 1 aliphatic carbocycles. The highest BCUT2D eigenvalue weighted by Gasteiger charge is 2.31. The standard InChI is InChI=1S/C15H22O3/c1-4-5-14(17)12-8-11(9-15(12)18)13(16)7-6-10(2)3/h8,10-11H,4-7,9H2,1-3H3. The lowest BCUT2D eigenvalue weighted by molar-refractivity contribution is -0.125. The molecule has 0 aliphatic heterocycles. The molecule has 0 aromatic heterocycles. The Bertz CT molecular complexity index is 377. The highest BCUT2D eigenvalue weighted by Crippen LogP contribution is 2.25. The Morgan fingerprint density at radius 3 is 2.56 bits per heavy atom. The molecule has 0 spiro atoms. The Hall–Kier alpha value is -1.25. The van der Waals surface area contributed by atoms with Crippen molar-refractivity contribution >= 4 is 17.3 Å². The van der Waals surface area contributed by atoms with E-state index in [1.165, 1.54) is 0 Å². The van der Waals surface area contributed by atoms with Gasteiger partial charge in [-0.15, -0.1) is 0 Å². The molecule has 0 aromatic carbocycles. The quantitative estimate of drug-likeness (QED) is 0.653. The molecule has 100 valence electrons. The zero-order chi connectivity index (χ0) is 13.7. The van der Waals surface area contributed by atoms with Crippen molar-refractivity contribution < 1.29 is 14.4 Å². The first kappa shape index (κ1) is 14.8. The van der Waals surface area contributed by atoms with Gasteiger partial charge in [0.25, 0.3) is 0 Å². The molecule has 0 bridgehead atoms. The number of carbonyl (C=O) groups excluding carboxylic acids is 3. The third kappa shape index (κ3) is 3.90. The first-order chi connectivity index (χ1) is 8.45. The SMILES string of the molecule is CCCC(=O)C1=CC(C(=O)CCC(C)C)CC1=O. The Morgan fingerprint density at radius 1 is 1.33 bits per heavy atom. The number of Topliss-reactive ketones (excluding diaryl/α,β-unsaturated/α-hetero) is 3. The normalized spacial score (nSPS) is 19.2. The monoisotopic (exact) mass is 250 g/mol. The van der Waals surface area contributed by atoms with Crippen LogP contribution in [0.25, 0.3) is 0 Å². The maximum Gasteiger partial charge on any atom is 0.167 e. The van der Waals surface area contributed by atoms with Gasteiger partial charge in [0.2, 0.25) is 0 Å². The Labute approximate surface area is 109 Å². The van der Waals surface area contributed by atoms with E-state index in [1.54, 1.807) is 6.08 Å². The van der Waals surface area contributed by atoms with Crippen LogP contribution in [0.15, 0.2) is 11.6 Å². The van der Waals surface area contributed by atoms with Crippen LogP contribution in [0.3, 0.4) is 0 Å². The summed E-state index contributed by atoms with van der Waals surface area (Å²) in [5.41, 5.74) is 0.264. The van der Waals surface area contributed by atoms with E-state index in [0.29, 0.717) is 18.8 Å². The molecule has 18 heavy (non-hydrogen) atoms. The van der Waals surface area contributed by atoms with Gasteiger partial charge in [0.15, 0.2) is 11.6 Å². The average molecular weight is 250 g/mol. The van der Waals surface area contributed by atoms with E-state index in [4.69, 9.17) is 0 Å². The van der Waals surface area contributed by atoms with E-state index < -0.39 is 0 Å². The van der Waals surface area contributed by atoms with Crippen molar-refractivity contribution in [2.75, 3.05) is 0 Å². The van der Waals surface area contributed by atoms with Crippen LogP contribution in [-0.4, -0.2) is 17.3 Å². The molecule has 3 nitrogen and oxygen atoms in total. The van der Waals surface area contributed by atoms with E-state index in [9.17, 15) is 14.4 Å². The largest absolute Gasteiger partial charge is 0.299 e. The fraction of sp³-hybridized carbons (Fsp3) is 0.667. The van der Waals surface area contributed by atoms with Crippen LogP contribution in [0.1, 0.15) is 52.9 Å². The number of ketones is 3. The maximum absolute atomic E-state index is 11.9. The smallest absolute Gasteiger partial charge is 0.167 e. The molecule has 0 saturated carbocycles. The Kier molecular flexibility index (Phi) is 5.45. The van der Waals surface area contributed by atoms with Crippen molar-refractivity contribution in [2.45, 2.75) is 52.9 Å². The van der Waals surface area contributed by atoms with Crippen LogP contribution in [0.5, 0.6) is 0 Å². The summed E-state index contributed by atoms with van der Waals surface area (Å²) < 4.78 is 0. The molecular weight excluding hydrogens is 228 g/mol. The average Bonchev–Trinajstić information content (AvgIpc) is 2.68. The molecule has 1 atom stereocenters. The van der Waals surface area contributed by atoms with Crippen molar-refractivity contribution in [2.24, 2.45) is 11.8 Å².